The number of halogens is 1. The summed E-state index contributed by atoms with van der Waals surface area (Å²) in [6, 6.07) is 0. The lowest BCUT2D eigenvalue weighted by atomic mass is 10.2. The molecule has 5 heteroatoms. The van der Waals surface area contributed by atoms with Crippen LogP contribution in [0.3, 0.4) is 0 Å². The fraction of sp³-hybridized carbons (Fsp3) is 0.429. The molecule has 1 fully saturated rings. The molecule has 0 atom stereocenters. The number of nitrogens with zero attached hydrogens (tertiary/aromatic N) is 1. The van der Waals surface area contributed by atoms with E-state index in [-0.39, 0.29) is 0 Å². The molecule has 1 aliphatic heterocycles. The normalized spacial score (nSPS) is 17.4. The van der Waals surface area contributed by atoms with Gasteiger partial charge in [0, 0.05) is 23.6 Å². The molecule has 0 amide bonds. The Bertz CT molecular complexity index is 346. The highest BCUT2D eigenvalue weighted by atomic mass is 79.9. The van der Waals surface area contributed by atoms with E-state index in [0.29, 0.717) is 5.92 Å². The molecule has 2 heterocycles. The van der Waals surface area contributed by atoms with Crippen molar-refractivity contribution in [2.24, 2.45) is 0 Å². The SMILES string of the molecule is S=c1[nH]c(C2CSC2)ncc1Br. The maximum Gasteiger partial charge on any atom is 0.120 e. The van der Waals surface area contributed by atoms with Crippen LogP contribution in [0.5, 0.6) is 0 Å². The second-order valence-corrected chi connectivity index (χ2v) is 5.02. The Morgan fingerprint density at radius 1 is 1.67 bits per heavy atom. The summed E-state index contributed by atoms with van der Waals surface area (Å²) >= 11 is 10.3. The zero-order valence-electron chi connectivity index (χ0n) is 6.21. The topological polar surface area (TPSA) is 28.7 Å². The average molecular weight is 263 g/mol. The third kappa shape index (κ3) is 1.58. The molecule has 12 heavy (non-hydrogen) atoms. The van der Waals surface area contributed by atoms with Crippen LogP contribution in [0.4, 0.5) is 0 Å². The second kappa shape index (κ2) is 3.47. The van der Waals surface area contributed by atoms with E-state index < -0.39 is 0 Å². The highest BCUT2D eigenvalue weighted by Gasteiger charge is 2.21. The van der Waals surface area contributed by atoms with E-state index in [1.807, 2.05) is 11.8 Å². The molecule has 1 aromatic rings. The van der Waals surface area contributed by atoms with Gasteiger partial charge in [0.05, 0.1) is 4.47 Å². The Labute approximate surface area is 88.3 Å². The number of thioether (sulfide) groups is 1. The van der Waals surface area contributed by atoms with Crippen molar-refractivity contribution < 1.29 is 0 Å². The van der Waals surface area contributed by atoms with Gasteiger partial charge in [0.15, 0.2) is 0 Å². The van der Waals surface area contributed by atoms with Gasteiger partial charge in [-0.2, -0.15) is 11.8 Å². The van der Waals surface area contributed by atoms with Gasteiger partial charge in [0.25, 0.3) is 0 Å². The molecule has 1 aromatic heterocycles. The molecule has 0 saturated carbocycles. The Balaban J connectivity index is 2.33. The number of nitrogens with one attached hydrogen (secondary N) is 1. The Morgan fingerprint density at radius 3 is 2.92 bits per heavy atom. The predicted molar refractivity (Wildman–Crippen MR) is 57.2 cm³/mol. The zero-order chi connectivity index (χ0) is 8.55. The summed E-state index contributed by atoms with van der Waals surface area (Å²) in [5, 5.41) is 0. The lowest BCUT2D eigenvalue weighted by Crippen LogP contribution is -2.18. The van der Waals surface area contributed by atoms with Crippen LogP contribution in [0.15, 0.2) is 10.7 Å². The van der Waals surface area contributed by atoms with Gasteiger partial charge >= 0.3 is 0 Å². The number of hydrogen-bond donors (Lipinski definition) is 1. The van der Waals surface area contributed by atoms with Crippen LogP contribution in [0.1, 0.15) is 11.7 Å². The van der Waals surface area contributed by atoms with Crippen LogP contribution in [0, 0.1) is 4.64 Å². The average Bonchev–Trinajstić information content (AvgIpc) is 1.93. The maximum absolute atomic E-state index is 5.08. The van der Waals surface area contributed by atoms with Crippen molar-refractivity contribution in [3.8, 4) is 0 Å². The summed E-state index contributed by atoms with van der Waals surface area (Å²) in [6.45, 7) is 0. The number of H-pyrrole nitrogens is 1. The van der Waals surface area contributed by atoms with Gasteiger partial charge in [-0.25, -0.2) is 4.98 Å². The van der Waals surface area contributed by atoms with Crippen LogP contribution in [0.25, 0.3) is 0 Å². The standard InChI is InChI=1S/C7H7BrN2S2/c8-5-1-9-6(10-7(5)11)4-2-12-3-4/h1,4H,2-3H2,(H,9,10,11). The zero-order valence-corrected chi connectivity index (χ0v) is 9.43. The fourth-order valence-corrected chi connectivity index (χ4v) is 2.14. The van der Waals surface area contributed by atoms with Crippen LogP contribution >= 0.6 is 39.9 Å². The van der Waals surface area contributed by atoms with E-state index in [4.69, 9.17) is 12.2 Å². The lowest BCUT2D eigenvalue weighted by molar-refractivity contribution is 0.758. The highest BCUT2D eigenvalue weighted by Crippen LogP contribution is 2.31. The van der Waals surface area contributed by atoms with Crippen molar-refractivity contribution in [1.29, 1.82) is 0 Å². The molecule has 2 rings (SSSR count). The number of rotatable bonds is 1. The Hall–Kier alpha value is 0.130. The molecule has 64 valence electrons. The van der Waals surface area contributed by atoms with E-state index in [1.54, 1.807) is 6.20 Å². The minimum Gasteiger partial charge on any atom is -0.334 e. The van der Waals surface area contributed by atoms with E-state index in [1.165, 1.54) is 11.5 Å². The Morgan fingerprint density at radius 2 is 2.42 bits per heavy atom. The summed E-state index contributed by atoms with van der Waals surface area (Å²) in [7, 11) is 0. The van der Waals surface area contributed by atoms with E-state index in [9.17, 15) is 0 Å². The first-order valence-electron chi connectivity index (χ1n) is 3.60. The van der Waals surface area contributed by atoms with E-state index in [0.717, 1.165) is 14.9 Å². The smallest absolute Gasteiger partial charge is 0.120 e. The molecule has 1 aliphatic rings. The summed E-state index contributed by atoms with van der Waals surface area (Å²) in [5.74, 6) is 3.95. The number of hydrogen-bond acceptors (Lipinski definition) is 3. The fourth-order valence-electron chi connectivity index (χ4n) is 0.994. The first-order chi connectivity index (χ1) is 5.77. The van der Waals surface area contributed by atoms with Gasteiger partial charge in [-0.05, 0) is 15.9 Å². The molecule has 0 unspecified atom stereocenters. The van der Waals surface area contributed by atoms with Crippen molar-refractivity contribution >= 4 is 39.9 Å². The summed E-state index contributed by atoms with van der Waals surface area (Å²) < 4.78 is 1.62. The molecule has 1 saturated heterocycles. The highest BCUT2D eigenvalue weighted by molar-refractivity contribution is 9.10. The minimum atomic E-state index is 0.588. The monoisotopic (exact) mass is 262 g/mol. The van der Waals surface area contributed by atoms with Crippen LogP contribution in [0.2, 0.25) is 0 Å². The summed E-state index contributed by atoms with van der Waals surface area (Å²) in [6.07, 6.45) is 1.77. The maximum atomic E-state index is 5.08. The van der Waals surface area contributed by atoms with Gasteiger partial charge < -0.3 is 4.98 Å². The van der Waals surface area contributed by atoms with Gasteiger partial charge in [-0.3, -0.25) is 0 Å². The van der Waals surface area contributed by atoms with Crippen molar-refractivity contribution in [1.82, 2.24) is 9.97 Å². The first-order valence-corrected chi connectivity index (χ1v) is 5.95. The third-order valence-corrected chi connectivity index (χ3v) is 4.26. The summed E-state index contributed by atoms with van der Waals surface area (Å²) in [5.41, 5.74) is 0. The molecule has 2 nitrogen and oxygen atoms in total. The van der Waals surface area contributed by atoms with Crippen molar-refractivity contribution in [3.63, 3.8) is 0 Å². The van der Waals surface area contributed by atoms with Gasteiger partial charge in [-0.1, -0.05) is 12.2 Å². The quantitative estimate of drug-likeness (QED) is 0.790. The Kier molecular flexibility index (Phi) is 2.52. The first kappa shape index (κ1) is 8.72. The van der Waals surface area contributed by atoms with E-state index >= 15 is 0 Å². The van der Waals surface area contributed by atoms with Gasteiger partial charge in [-0.15, -0.1) is 0 Å². The third-order valence-electron chi connectivity index (χ3n) is 1.80. The predicted octanol–water partition coefficient (Wildman–Crippen LogP) is 2.73. The molecular weight excluding hydrogens is 256 g/mol. The van der Waals surface area contributed by atoms with Crippen LogP contribution < -0.4 is 0 Å². The number of aromatic nitrogens is 2. The molecule has 0 radical (unpaired) electrons. The largest absolute Gasteiger partial charge is 0.334 e. The summed E-state index contributed by atoms with van der Waals surface area (Å²) in [4.78, 5) is 7.40. The molecule has 1 N–H and O–H groups in total. The molecule has 0 bridgehead atoms. The molecule has 0 spiro atoms. The molecule has 0 aromatic carbocycles. The van der Waals surface area contributed by atoms with Gasteiger partial charge in [0.2, 0.25) is 0 Å². The van der Waals surface area contributed by atoms with Crippen molar-refractivity contribution in [2.45, 2.75) is 5.92 Å². The van der Waals surface area contributed by atoms with E-state index in [2.05, 4.69) is 25.9 Å². The van der Waals surface area contributed by atoms with Crippen molar-refractivity contribution in [3.05, 3.63) is 21.1 Å². The van der Waals surface area contributed by atoms with Gasteiger partial charge in [0.1, 0.15) is 10.5 Å². The van der Waals surface area contributed by atoms with Crippen LogP contribution in [-0.4, -0.2) is 21.5 Å². The second-order valence-electron chi connectivity index (χ2n) is 2.68. The lowest BCUT2D eigenvalue weighted by Gasteiger charge is -2.23. The van der Waals surface area contributed by atoms with Crippen molar-refractivity contribution in [2.75, 3.05) is 11.5 Å². The van der Waals surface area contributed by atoms with Crippen LogP contribution in [-0.2, 0) is 0 Å². The minimum absolute atomic E-state index is 0.588. The molecular formula is C7H7BrN2S2. The molecule has 0 aliphatic carbocycles. The number of aromatic amines is 1.